The molecular weight excluding hydrogens is 444 g/mol. The molecule has 0 bridgehead atoms. The number of carbonyl (C=O) groups excluding carboxylic acids is 1. The monoisotopic (exact) mass is 466 g/mol. The summed E-state index contributed by atoms with van der Waals surface area (Å²) in [6.45, 7) is 6.50. The smallest absolute Gasteiger partial charge is 0.261 e. The third-order valence-corrected chi connectivity index (χ3v) is 6.41. The minimum absolute atomic E-state index is 0.00343. The third kappa shape index (κ3) is 4.17. The second-order valence-electron chi connectivity index (χ2n) is 7.37. The quantitative estimate of drug-likeness (QED) is 0.707. The maximum atomic E-state index is 12.9. The van der Waals surface area contributed by atoms with Crippen LogP contribution in [0.3, 0.4) is 0 Å². The standard InChI is InChI=1S/C20H23BrN2O4S/c1-4-11-23-17-10-7-15(12-18(17)27-13-20(2,3)19(23)24)22-28(25,26)16-8-5-14(21)6-9-16/h5-10,12,22H,4,11,13H2,1-3H3. The first-order valence-corrected chi connectivity index (χ1v) is 11.3. The SMILES string of the molecule is CCCN1C(=O)C(C)(C)COc2cc(NS(=O)(=O)c3ccc(Br)cc3)ccc21. The predicted molar refractivity (Wildman–Crippen MR) is 113 cm³/mol. The number of hydrogen-bond acceptors (Lipinski definition) is 4. The van der Waals surface area contributed by atoms with Gasteiger partial charge in [0, 0.05) is 17.1 Å². The Kier molecular flexibility index (Phi) is 5.72. The summed E-state index contributed by atoms with van der Waals surface area (Å²) in [6, 6.07) is 11.4. The highest BCUT2D eigenvalue weighted by Crippen LogP contribution is 2.38. The van der Waals surface area contributed by atoms with Crippen molar-refractivity contribution in [2.24, 2.45) is 5.41 Å². The van der Waals surface area contributed by atoms with Crippen molar-refractivity contribution in [2.75, 3.05) is 22.8 Å². The Hall–Kier alpha value is -2.06. The zero-order chi connectivity index (χ0) is 20.5. The average Bonchev–Trinajstić information content (AvgIpc) is 2.72. The molecule has 1 aliphatic heterocycles. The van der Waals surface area contributed by atoms with Crippen LogP contribution in [0.15, 0.2) is 51.8 Å². The molecule has 1 amide bonds. The topological polar surface area (TPSA) is 75.7 Å². The molecule has 1 N–H and O–H groups in total. The van der Waals surface area contributed by atoms with Crippen LogP contribution in [0, 0.1) is 5.41 Å². The molecule has 0 aliphatic carbocycles. The van der Waals surface area contributed by atoms with Gasteiger partial charge >= 0.3 is 0 Å². The summed E-state index contributed by atoms with van der Waals surface area (Å²) >= 11 is 3.30. The Morgan fingerprint density at radius 3 is 2.50 bits per heavy atom. The lowest BCUT2D eigenvalue weighted by atomic mass is 9.93. The van der Waals surface area contributed by atoms with Crippen LogP contribution >= 0.6 is 15.9 Å². The lowest BCUT2D eigenvalue weighted by Gasteiger charge is -2.27. The summed E-state index contributed by atoms with van der Waals surface area (Å²) in [5.74, 6) is 0.486. The normalized spacial score (nSPS) is 16.1. The molecule has 28 heavy (non-hydrogen) atoms. The fourth-order valence-corrected chi connectivity index (χ4v) is 4.30. The van der Waals surface area contributed by atoms with E-state index >= 15 is 0 Å². The highest BCUT2D eigenvalue weighted by Gasteiger charge is 2.37. The zero-order valence-electron chi connectivity index (χ0n) is 16.0. The van der Waals surface area contributed by atoms with Gasteiger partial charge in [-0.05, 0) is 56.7 Å². The van der Waals surface area contributed by atoms with Crippen LogP contribution in [0.25, 0.3) is 0 Å². The number of nitrogens with one attached hydrogen (secondary N) is 1. The van der Waals surface area contributed by atoms with Crippen LogP contribution in [-0.2, 0) is 14.8 Å². The maximum Gasteiger partial charge on any atom is 0.261 e. The fraction of sp³-hybridized carbons (Fsp3) is 0.350. The van der Waals surface area contributed by atoms with E-state index in [1.54, 1.807) is 35.2 Å². The number of fused-ring (bicyclic) bond motifs is 1. The van der Waals surface area contributed by atoms with Gasteiger partial charge in [0.1, 0.15) is 12.4 Å². The van der Waals surface area contributed by atoms with Crippen molar-refractivity contribution < 1.29 is 17.9 Å². The van der Waals surface area contributed by atoms with Gasteiger partial charge in [0.05, 0.1) is 21.7 Å². The van der Waals surface area contributed by atoms with E-state index in [9.17, 15) is 13.2 Å². The van der Waals surface area contributed by atoms with Gasteiger partial charge in [0.15, 0.2) is 0 Å². The summed E-state index contributed by atoms with van der Waals surface area (Å²) < 4.78 is 34.5. The van der Waals surface area contributed by atoms with Crippen molar-refractivity contribution in [1.82, 2.24) is 0 Å². The molecule has 8 heteroatoms. The molecule has 0 atom stereocenters. The Bertz CT molecular complexity index is 988. The highest BCUT2D eigenvalue weighted by molar-refractivity contribution is 9.10. The van der Waals surface area contributed by atoms with Crippen molar-refractivity contribution in [3.63, 3.8) is 0 Å². The molecule has 0 fully saturated rings. The van der Waals surface area contributed by atoms with Crippen LogP contribution in [-0.4, -0.2) is 27.5 Å². The van der Waals surface area contributed by atoms with E-state index in [0.29, 0.717) is 23.7 Å². The van der Waals surface area contributed by atoms with E-state index in [1.165, 1.54) is 12.1 Å². The van der Waals surface area contributed by atoms with E-state index in [4.69, 9.17) is 4.74 Å². The first-order chi connectivity index (χ1) is 13.1. The second-order valence-corrected chi connectivity index (χ2v) is 9.97. The molecule has 150 valence electrons. The van der Waals surface area contributed by atoms with Gasteiger partial charge in [0.2, 0.25) is 5.91 Å². The van der Waals surface area contributed by atoms with E-state index in [2.05, 4.69) is 20.7 Å². The van der Waals surface area contributed by atoms with Gasteiger partial charge in [-0.1, -0.05) is 22.9 Å². The minimum Gasteiger partial charge on any atom is -0.490 e. The van der Waals surface area contributed by atoms with Crippen LogP contribution < -0.4 is 14.4 Å². The largest absolute Gasteiger partial charge is 0.490 e. The van der Waals surface area contributed by atoms with E-state index in [0.717, 1.165) is 10.9 Å². The molecule has 0 radical (unpaired) electrons. The average molecular weight is 467 g/mol. The number of ether oxygens (including phenoxy) is 1. The number of nitrogens with zero attached hydrogens (tertiary/aromatic N) is 1. The molecule has 3 rings (SSSR count). The predicted octanol–water partition coefficient (Wildman–Crippen LogP) is 4.41. The number of anilines is 2. The van der Waals surface area contributed by atoms with E-state index < -0.39 is 15.4 Å². The Morgan fingerprint density at radius 2 is 1.86 bits per heavy atom. The molecule has 0 aromatic heterocycles. The van der Waals surface area contributed by atoms with Crippen LogP contribution in [0.4, 0.5) is 11.4 Å². The molecule has 2 aromatic carbocycles. The number of carbonyl (C=O) groups is 1. The van der Waals surface area contributed by atoms with Gasteiger partial charge < -0.3 is 9.64 Å². The number of sulfonamides is 1. The first kappa shape index (κ1) is 20.7. The number of hydrogen-bond donors (Lipinski definition) is 1. The van der Waals surface area contributed by atoms with Gasteiger partial charge in [-0.3, -0.25) is 9.52 Å². The fourth-order valence-electron chi connectivity index (χ4n) is 2.98. The first-order valence-electron chi connectivity index (χ1n) is 9.01. The van der Waals surface area contributed by atoms with Crippen molar-refractivity contribution in [3.8, 4) is 5.75 Å². The zero-order valence-corrected chi connectivity index (χ0v) is 18.4. The number of halogens is 1. The molecule has 1 aliphatic rings. The minimum atomic E-state index is -3.73. The molecule has 0 spiro atoms. The molecule has 6 nitrogen and oxygen atoms in total. The number of rotatable bonds is 5. The van der Waals surface area contributed by atoms with Gasteiger partial charge in [-0.15, -0.1) is 0 Å². The summed E-state index contributed by atoms with van der Waals surface area (Å²) in [4.78, 5) is 14.8. The summed E-state index contributed by atoms with van der Waals surface area (Å²) in [5, 5.41) is 0. The van der Waals surface area contributed by atoms with E-state index in [1.807, 2.05) is 20.8 Å². The van der Waals surface area contributed by atoms with Crippen molar-refractivity contribution in [3.05, 3.63) is 46.9 Å². The molecule has 1 heterocycles. The van der Waals surface area contributed by atoms with Gasteiger partial charge in [-0.25, -0.2) is 8.42 Å². The van der Waals surface area contributed by atoms with Gasteiger partial charge in [0.25, 0.3) is 10.0 Å². The maximum absolute atomic E-state index is 12.9. The Balaban J connectivity index is 1.94. The lowest BCUT2D eigenvalue weighted by molar-refractivity contribution is -0.127. The second kappa shape index (κ2) is 7.75. The summed E-state index contributed by atoms with van der Waals surface area (Å²) in [5.41, 5.74) is 0.375. The van der Waals surface area contributed by atoms with Crippen LogP contribution in [0.1, 0.15) is 27.2 Å². The molecule has 0 unspecified atom stereocenters. The van der Waals surface area contributed by atoms with Crippen molar-refractivity contribution in [2.45, 2.75) is 32.1 Å². The molecule has 0 saturated heterocycles. The highest BCUT2D eigenvalue weighted by atomic mass is 79.9. The van der Waals surface area contributed by atoms with Crippen LogP contribution in [0.2, 0.25) is 0 Å². The van der Waals surface area contributed by atoms with Gasteiger partial charge in [-0.2, -0.15) is 0 Å². The lowest BCUT2D eigenvalue weighted by Crippen LogP contribution is -2.42. The summed E-state index contributed by atoms with van der Waals surface area (Å²) in [7, 11) is -3.73. The van der Waals surface area contributed by atoms with Crippen molar-refractivity contribution in [1.29, 1.82) is 0 Å². The molecule has 2 aromatic rings. The number of benzene rings is 2. The Labute approximate surface area is 174 Å². The Morgan fingerprint density at radius 1 is 1.18 bits per heavy atom. The van der Waals surface area contributed by atoms with Crippen LogP contribution in [0.5, 0.6) is 5.75 Å². The van der Waals surface area contributed by atoms with E-state index in [-0.39, 0.29) is 17.4 Å². The summed E-state index contributed by atoms with van der Waals surface area (Å²) in [6.07, 6.45) is 0.805. The van der Waals surface area contributed by atoms with Crippen molar-refractivity contribution >= 4 is 43.2 Å². The third-order valence-electron chi connectivity index (χ3n) is 4.49. The number of amides is 1. The molecular formula is C20H23BrN2O4S. The molecule has 0 saturated carbocycles.